The van der Waals surface area contributed by atoms with Gasteiger partial charge in [0.05, 0.1) is 21.3 Å². The minimum Gasteiger partial charge on any atom is -0.508 e. The fraction of sp³-hybridized carbons (Fsp3) is 0.240. The maximum absolute atomic E-state index is 10.5. The average Bonchev–Trinajstić information content (AvgIpc) is 2.83. The van der Waals surface area contributed by atoms with Crippen LogP contribution in [0.25, 0.3) is 0 Å². The van der Waals surface area contributed by atoms with E-state index in [1.807, 2.05) is 60.7 Å². The molecule has 0 saturated heterocycles. The van der Waals surface area contributed by atoms with Gasteiger partial charge >= 0.3 is 0 Å². The summed E-state index contributed by atoms with van der Waals surface area (Å²) in [6, 6.07) is 21.0. The number of aromatic hydroxyl groups is 1. The predicted molar refractivity (Wildman–Crippen MR) is 120 cm³/mol. The molecule has 0 aliphatic carbocycles. The summed E-state index contributed by atoms with van der Waals surface area (Å²) in [7, 11) is 4.88. The van der Waals surface area contributed by atoms with Crippen LogP contribution in [0.2, 0.25) is 0 Å². The molecule has 3 aromatic carbocycles. The summed E-state index contributed by atoms with van der Waals surface area (Å²) < 4.78 is 16.1. The topological polar surface area (TPSA) is 72.3 Å². The lowest BCUT2D eigenvalue weighted by Crippen LogP contribution is -2.33. The van der Waals surface area contributed by atoms with E-state index in [1.165, 1.54) is 0 Å². The summed E-state index contributed by atoms with van der Waals surface area (Å²) in [5.41, 5.74) is 3.76. The fourth-order valence-electron chi connectivity index (χ4n) is 3.84. The van der Waals surface area contributed by atoms with Gasteiger partial charge in [-0.3, -0.25) is 10.3 Å². The Bertz CT molecular complexity index is 1080. The molecule has 160 valence electrons. The van der Waals surface area contributed by atoms with E-state index < -0.39 is 0 Å². The highest BCUT2D eigenvalue weighted by Gasteiger charge is 2.28. The molecular weight excluding hydrogens is 392 g/mol. The second kappa shape index (κ2) is 9.10. The molecule has 0 saturated carbocycles. The number of methoxy groups -OCH3 is 3. The minimum absolute atomic E-state index is 0.103. The molecular formula is C25H26N2O4. The van der Waals surface area contributed by atoms with Crippen molar-refractivity contribution in [2.45, 2.75) is 18.6 Å². The van der Waals surface area contributed by atoms with Gasteiger partial charge < -0.3 is 19.3 Å². The van der Waals surface area contributed by atoms with Crippen LogP contribution in [0.5, 0.6) is 23.0 Å². The third-order valence-corrected chi connectivity index (χ3v) is 5.50. The largest absolute Gasteiger partial charge is 0.508 e. The number of phenolic OH excluding ortho intramolecular Hbond substituents is 1. The van der Waals surface area contributed by atoms with Gasteiger partial charge in [-0.05, 0) is 53.6 Å². The number of rotatable bonds is 6. The van der Waals surface area contributed by atoms with Crippen molar-refractivity contribution in [1.29, 1.82) is 0 Å². The molecule has 1 heterocycles. The van der Waals surface area contributed by atoms with Gasteiger partial charge in [0.25, 0.3) is 0 Å². The molecule has 2 atom stereocenters. The zero-order valence-corrected chi connectivity index (χ0v) is 17.8. The molecule has 0 spiro atoms. The molecule has 1 aliphatic heterocycles. The lowest BCUT2D eigenvalue weighted by molar-refractivity contribution is 0.353. The van der Waals surface area contributed by atoms with Crippen LogP contribution in [0.1, 0.15) is 35.3 Å². The number of benzene rings is 3. The number of ether oxygens (including phenoxy) is 3. The second-order valence-electron chi connectivity index (χ2n) is 7.30. The summed E-state index contributed by atoms with van der Waals surface area (Å²) in [6.07, 6.45) is 0.337. The van der Waals surface area contributed by atoms with Crippen molar-refractivity contribution in [2.24, 2.45) is 4.99 Å². The standard InChI is InChI=1S/C25H26N2O4/c1-29-18-11-8-16(9-12-18)20-15-21(19-6-4-5-7-22(19)28)27-25(26-20)17-10-13-23(30-2)24(14-17)31-3/h4-14,21,25,27-28H,15H2,1-3H3. The fourth-order valence-corrected chi connectivity index (χ4v) is 3.84. The Kier molecular flexibility index (Phi) is 6.09. The first-order valence-corrected chi connectivity index (χ1v) is 10.1. The van der Waals surface area contributed by atoms with Crippen LogP contribution in [-0.2, 0) is 0 Å². The Morgan fingerprint density at radius 2 is 1.61 bits per heavy atom. The molecule has 6 heteroatoms. The summed E-state index contributed by atoms with van der Waals surface area (Å²) in [6.45, 7) is 0. The number of phenols is 1. The second-order valence-corrected chi connectivity index (χ2v) is 7.30. The van der Waals surface area contributed by atoms with E-state index >= 15 is 0 Å². The molecule has 6 nitrogen and oxygen atoms in total. The highest BCUT2D eigenvalue weighted by molar-refractivity contribution is 6.01. The quantitative estimate of drug-likeness (QED) is 0.610. The highest BCUT2D eigenvalue weighted by Crippen LogP contribution is 2.37. The van der Waals surface area contributed by atoms with Crippen LogP contribution in [0.4, 0.5) is 0 Å². The molecule has 3 aromatic rings. The molecule has 2 N–H and O–H groups in total. The summed E-state index contributed by atoms with van der Waals surface area (Å²) in [4.78, 5) is 5.00. The zero-order chi connectivity index (χ0) is 21.8. The van der Waals surface area contributed by atoms with E-state index in [2.05, 4.69) is 5.32 Å². The number of hydrogen-bond donors (Lipinski definition) is 2. The molecule has 0 bridgehead atoms. The average molecular weight is 418 g/mol. The first kappa shape index (κ1) is 20.8. The Morgan fingerprint density at radius 1 is 0.871 bits per heavy atom. The van der Waals surface area contributed by atoms with E-state index in [0.29, 0.717) is 17.9 Å². The number of hydrogen-bond acceptors (Lipinski definition) is 6. The molecule has 31 heavy (non-hydrogen) atoms. The Morgan fingerprint density at radius 3 is 2.29 bits per heavy atom. The number of para-hydroxylation sites is 1. The van der Waals surface area contributed by atoms with Crippen molar-refractivity contribution in [1.82, 2.24) is 5.32 Å². The number of nitrogens with one attached hydrogen (secondary N) is 1. The van der Waals surface area contributed by atoms with E-state index in [9.17, 15) is 5.11 Å². The summed E-state index contributed by atoms with van der Waals surface area (Å²) >= 11 is 0. The molecule has 2 unspecified atom stereocenters. The van der Waals surface area contributed by atoms with Crippen molar-refractivity contribution in [2.75, 3.05) is 21.3 Å². The Labute approximate surface area is 182 Å². The van der Waals surface area contributed by atoms with Crippen LogP contribution in [0.15, 0.2) is 71.7 Å². The van der Waals surface area contributed by atoms with Gasteiger partial charge in [0.1, 0.15) is 17.7 Å². The van der Waals surface area contributed by atoms with E-state index in [-0.39, 0.29) is 18.0 Å². The molecule has 0 amide bonds. The highest BCUT2D eigenvalue weighted by atomic mass is 16.5. The predicted octanol–water partition coefficient (Wildman–Crippen LogP) is 4.64. The van der Waals surface area contributed by atoms with Gasteiger partial charge in [0.2, 0.25) is 0 Å². The summed E-state index contributed by atoms with van der Waals surface area (Å²) in [5, 5.41) is 14.0. The van der Waals surface area contributed by atoms with Gasteiger partial charge in [0.15, 0.2) is 11.5 Å². The monoisotopic (exact) mass is 418 g/mol. The third-order valence-electron chi connectivity index (χ3n) is 5.50. The van der Waals surface area contributed by atoms with Crippen molar-refractivity contribution in [3.8, 4) is 23.0 Å². The van der Waals surface area contributed by atoms with Gasteiger partial charge in [-0.2, -0.15) is 0 Å². The molecule has 0 aromatic heterocycles. The normalized spacial score (nSPS) is 18.2. The molecule has 0 fully saturated rings. The van der Waals surface area contributed by atoms with Gasteiger partial charge in [-0.1, -0.05) is 24.3 Å². The van der Waals surface area contributed by atoms with Crippen LogP contribution in [-0.4, -0.2) is 32.1 Å². The van der Waals surface area contributed by atoms with Crippen molar-refractivity contribution < 1.29 is 19.3 Å². The zero-order valence-electron chi connectivity index (χ0n) is 17.8. The smallest absolute Gasteiger partial charge is 0.161 e. The molecule has 4 rings (SSSR count). The lowest BCUT2D eigenvalue weighted by atomic mass is 9.93. The number of aliphatic imine (C=N–C) groups is 1. The van der Waals surface area contributed by atoms with Crippen molar-refractivity contribution >= 4 is 5.71 Å². The Hall–Kier alpha value is -3.51. The van der Waals surface area contributed by atoms with Gasteiger partial charge in [-0.15, -0.1) is 0 Å². The summed E-state index contributed by atoms with van der Waals surface area (Å²) in [5.74, 6) is 2.38. The molecule has 0 radical (unpaired) electrons. The van der Waals surface area contributed by atoms with Gasteiger partial charge in [-0.25, -0.2) is 0 Å². The first-order chi connectivity index (χ1) is 15.1. The minimum atomic E-state index is -0.310. The van der Waals surface area contributed by atoms with E-state index in [4.69, 9.17) is 19.2 Å². The maximum Gasteiger partial charge on any atom is 0.161 e. The number of nitrogens with zero attached hydrogens (tertiary/aromatic N) is 1. The Balaban J connectivity index is 1.75. The van der Waals surface area contributed by atoms with E-state index in [0.717, 1.165) is 28.2 Å². The third kappa shape index (κ3) is 4.34. The van der Waals surface area contributed by atoms with Crippen LogP contribution >= 0.6 is 0 Å². The SMILES string of the molecule is COc1ccc(C2=NC(c3ccc(OC)c(OC)c3)NC(c3ccccc3O)C2)cc1. The van der Waals surface area contributed by atoms with E-state index in [1.54, 1.807) is 27.4 Å². The van der Waals surface area contributed by atoms with Crippen molar-refractivity contribution in [3.05, 3.63) is 83.4 Å². The van der Waals surface area contributed by atoms with Crippen molar-refractivity contribution in [3.63, 3.8) is 0 Å². The first-order valence-electron chi connectivity index (χ1n) is 10.1. The van der Waals surface area contributed by atoms with Crippen LogP contribution < -0.4 is 19.5 Å². The lowest BCUT2D eigenvalue weighted by Gasteiger charge is -2.31. The van der Waals surface area contributed by atoms with Crippen LogP contribution in [0.3, 0.4) is 0 Å². The molecule has 1 aliphatic rings. The van der Waals surface area contributed by atoms with Crippen LogP contribution in [0, 0.1) is 0 Å². The van der Waals surface area contributed by atoms with Gasteiger partial charge in [0, 0.05) is 23.7 Å². The maximum atomic E-state index is 10.5.